The topological polar surface area (TPSA) is 29.9 Å². The summed E-state index contributed by atoms with van der Waals surface area (Å²) in [4.78, 5) is 0. The summed E-state index contributed by atoms with van der Waals surface area (Å²) >= 11 is 3.71. The number of nitrogens with zero attached hydrogens (tertiary/aromatic N) is 2. The molecule has 20 heavy (non-hydrogen) atoms. The average molecular weight is 340 g/mol. The van der Waals surface area contributed by atoms with Gasteiger partial charge in [-0.15, -0.1) is 0 Å². The van der Waals surface area contributed by atoms with Crippen molar-refractivity contribution < 1.29 is 0 Å². The summed E-state index contributed by atoms with van der Waals surface area (Å²) in [5.41, 5.74) is 3.81. The van der Waals surface area contributed by atoms with Crippen LogP contribution in [0, 0.1) is 0 Å². The van der Waals surface area contributed by atoms with Gasteiger partial charge in [-0.2, -0.15) is 5.10 Å². The molecule has 0 radical (unpaired) electrons. The highest BCUT2D eigenvalue weighted by Crippen LogP contribution is 2.26. The maximum absolute atomic E-state index is 4.66. The molecule has 2 rings (SSSR count). The number of rotatable bonds is 5. The largest absolute Gasteiger partial charge is 0.314 e. The van der Waals surface area contributed by atoms with Crippen LogP contribution < -0.4 is 5.32 Å². The van der Waals surface area contributed by atoms with Crippen molar-refractivity contribution in [1.29, 1.82) is 0 Å². The van der Waals surface area contributed by atoms with E-state index < -0.39 is 0 Å². The van der Waals surface area contributed by atoms with Crippen molar-refractivity contribution in [2.45, 2.75) is 65.5 Å². The molecule has 0 aliphatic carbocycles. The van der Waals surface area contributed by atoms with Crippen molar-refractivity contribution >= 4 is 22.0 Å². The van der Waals surface area contributed by atoms with Gasteiger partial charge in [0.25, 0.3) is 0 Å². The predicted molar refractivity (Wildman–Crippen MR) is 88.9 cm³/mol. The summed E-state index contributed by atoms with van der Waals surface area (Å²) in [6, 6.07) is 0.655. The lowest BCUT2D eigenvalue weighted by molar-refractivity contribution is 0.399. The molecule has 1 saturated heterocycles. The summed E-state index contributed by atoms with van der Waals surface area (Å²) in [5, 5.41) is 8.28. The van der Waals surface area contributed by atoms with Crippen molar-refractivity contribution in [2.24, 2.45) is 0 Å². The monoisotopic (exact) mass is 339 g/mol. The van der Waals surface area contributed by atoms with E-state index in [1.54, 1.807) is 0 Å². The van der Waals surface area contributed by atoms with Gasteiger partial charge in [0.15, 0.2) is 0 Å². The van der Waals surface area contributed by atoms with Crippen LogP contribution in [0.25, 0.3) is 6.08 Å². The number of nitrogens with one attached hydrogen (secondary N) is 1. The molecule has 1 aliphatic rings. The van der Waals surface area contributed by atoms with Gasteiger partial charge < -0.3 is 5.32 Å². The van der Waals surface area contributed by atoms with Crippen LogP contribution in [0.4, 0.5) is 0 Å². The summed E-state index contributed by atoms with van der Waals surface area (Å²) in [6.45, 7) is 8.63. The Morgan fingerprint density at radius 3 is 2.85 bits per heavy atom. The van der Waals surface area contributed by atoms with Gasteiger partial charge in [-0.3, -0.25) is 4.68 Å². The quantitative estimate of drug-likeness (QED) is 0.872. The molecule has 1 aliphatic heterocycles. The first-order valence-electron chi connectivity index (χ1n) is 7.81. The molecule has 3 nitrogen and oxygen atoms in total. The molecule has 1 aromatic rings. The molecule has 1 aromatic heterocycles. The normalized spacial score (nSPS) is 20.4. The molecule has 0 amide bonds. The fourth-order valence-electron chi connectivity index (χ4n) is 2.89. The third kappa shape index (κ3) is 3.73. The van der Waals surface area contributed by atoms with Crippen LogP contribution in [0.5, 0.6) is 0 Å². The summed E-state index contributed by atoms with van der Waals surface area (Å²) < 4.78 is 3.26. The van der Waals surface area contributed by atoms with Gasteiger partial charge in [-0.05, 0) is 68.1 Å². The fraction of sp³-hybridized carbons (Fsp3) is 0.688. The van der Waals surface area contributed by atoms with Crippen LogP contribution in [0.2, 0.25) is 0 Å². The molecule has 0 spiro atoms. The summed E-state index contributed by atoms with van der Waals surface area (Å²) in [5.74, 6) is 0. The lowest BCUT2D eigenvalue weighted by Gasteiger charge is -2.23. The second-order valence-corrected chi connectivity index (χ2v) is 6.45. The van der Waals surface area contributed by atoms with Gasteiger partial charge in [0.1, 0.15) is 0 Å². The van der Waals surface area contributed by atoms with Crippen molar-refractivity contribution in [3.8, 4) is 0 Å². The number of piperidine rings is 1. The van der Waals surface area contributed by atoms with Crippen LogP contribution >= 0.6 is 15.9 Å². The Balaban J connectivity index is 2.13. The predicted octanol–water partition coefficient (Wildman–Crippen LogP) is 4.16. The molecule has 0 saturated carbocycles. The average Bonchev–Trinajstić information content (AvgIpc) is 2.76. The Morgan fingerprint density at radius 1 is 1.45 bits per heavy atom. The third-order valence-corrected chi connectivity index (χ3v) is 4.86. The van der Waals surface area contributed by atoms with Crippen molar-refractivity contribution in [1.82, 2.24) is 15.1 Å². The highest BCUT2D eigenvalue weighted by atomic mass is 79.9. The van der Waals surface area contributed by atoms with Crippen LogP contribution in [0.3, 0.4) is 0 Å². The van der Waals surface area contributed by atoms with E-state index in [0.29, 0.717) is 6.04 Å². The molecule has 0 bridgehead atoms. The van der Waals surface area contributed by atoms with Crippen LogP contribution in [0.15, 0.2) is 10.0 Å². The van der Waals surface area contributed by atoms with E-state index in [1.165, 1.54) is 37.1 Å². The molecule has 112 valence electrons. The zero-order valence-corrected chi connectivity index (χ0v) is 14.5. The van der Waals surface area contributed by atoms with E-state index >= 15 is 0 Å². The first-order chi connectivity index (χ1) is 9.65. The molecule has 1 atom stereocenters. The molecule has 2 heterocycles. The fourth-order valence-corrected chi connectivity index (χ4v) is 3.57. The SMILES string of the molecule is CCc1nn(CC)c(/C=C(/C)CC2CCCCN2)c1Br. The maximum atomic E-state index is 4.66. The van der Waals surface area contributed by atoms with Crippen LogP contribution in [-0.4, -0.2) is 22.4 Å². The number of hydrogen-bond acceptors (Lipinski definition) is 2. The summed E-state index contributed by atoms with van der Waals surface area (Å²) in [7, 11) is 0. The minimum absolute atomic E-state index is 0.655. The standard InChI is InChI=1S/C16H26BrN3/c1-4-14-16(17)15(20(5-2)19-14)11-12(3)10-13-8-6-7-9-18-13/h11,13,18H,4-10H2,1-3H3/b12-11-. The lowest BCUT2D eigenvalue weighted by Crippen LogP contribution is -2.33. The molecular formula is C16H26BrN3. The number of aromatic nitrogens is 2. The summed E-state index contributed by atoms with van der Waals surface area (Å²) in [6.07, 6.45) is 8.41. The van der Waals surface area contributed by atoms with Gasteiger partial charge in [-0.1, -0.05) is 18.9 Å². The first kappa shape index (κ1) is 15.8. The Morgan fingerprint density at radius 2 is 2.25 bits per heavy atom. The van der Waals surface area contributed by atoms with Crippen molar-refractivity contribution in [3.05, 3.63) is 21.4 Å². The van der Waals surface area contributed by atoms with Crippen LogP contribution in [0.1, 0.15) is 57.8 Å². The Kier molecular flexibility index (Phi) is 5.85. The molecule has 1 N–H and O–H groups in total. The van der Waals surface area contributed by atoms with E-state index in [1.807, 2.05) is 0 Å². The molecule has 4 heteroatoms. The Hall–Kier alpha value is -0.610. The second kappa shape index (κ2) is 7.41. The lowest BCUT2D eigenvalue weighted by atomic mass is 9.98. The first-order valence-corrected chi connectivity index (χ1v) is 8.60. The second-order valence-electron chi connectivity index (χ2n) is 5.66. The van der Waals surface area contributed by atoms with Gasteiger partial charge in [0.2, 0.25) is 0 Å². The van der Waals surface area contributed by atoms with Gasteiger partial charge in [0.05, 0.1) is 15.9 Å². The van der Waals surface area contributed by atoms with Crippen molar-refractivity contribution in [3.63, 3.8) is 0 Å². The number of aryl methyl sites for hydroxylation is 2. The minimum Gasteiger partial charge on any atom is -0.314 e. The smallest absolute Gasteiger partial charge is 0.0770 e. The van der Waals surface area contributed by atoms with E-state index in [2.05, 4.69) is 57.9 Å². The van der Waals surface area contributed by atoms with Crippen molar-refractivity contribution in [2.75, 3.05) is 6.54 Å². The number of hydrogen-bond donors (Lipinski definition) is 1. The zero-order chi connectivity index (χ0) is 14.5. The Labute approximate surface area is 131 Å². The van der Waals surface area contributed by atoms with Gasteiger partial charge in [-0.25, -0.2) is 0 Å². The van der Waals surface area contributed by atoms with Gasteiger partial charge in [0, 0.05) is 12.6 Å². The van der Waals surface area contributed by atoms with Crippen LogP contribution in [-0.2, 0) is 13.0 Å². The van der Waals surface area contributed by atoms with E-state index in [4.69, 9.17) is 0 Å². The van der Waals surface area contributed by atoms with E-state index in [0.717, 1.165) is 29.6 Å². The Bertz CT molecular complexity index is 470. The third-order valence-electron chi connectivity index (χ3n) is 4.00. The number of halogens is 1. The van der Waals surface area contributed by atoms with E-state index in [9.17, 15) is 0 Å². The van der Waals surface area contributed by atoms with E-state index in [-0.39, 0.29) is 0 Å². The highest BCUT2D eigenvalue weighted by molar-refractivity contribution is 9.10. The molecule has 0 aromatic carbocycles. The highest BCUT2D eigenvalue weighted by Gasteiger charge is 2.15. The molecule has 1 fully saturated rings. The zero-order valence-electron chi connectivity index (χ0n) is 12.9. The van der Waals surface area contributed by atoms with Gasteiger partial charge >= 0.3 is 0 Å². The minimum atomic E-state index is 0.655. The maximum Gasteiger partial charge on any atom is 0.0770 e. The molecular weight excluding hydrogens is 314 g/mol. The molecule has 1 unspecified atom stereocenters.